The van der Waals surface area contributed by atoms with Gasteiger partial charge >= 0.3 is 6.18 Å². The molecule has 1 aromatic carbocycles. The molecule has 0 radical (unpaired) electrons. The third-order valence-electron chi connectivity index (χ3n) is 3.01. The number of aromatic nitrogens is 3. The highest BCUT2D eigenvalue weighted by Crippen LogP contribution is 2.34. The Morgan fingerprint density at radius 2 is 1.81 bits per heavy atom. The first-order valence-corrected chi connectivity index (χ1v) is 6.74. The van der Waals surface area contributed by atoms with Gasteiger partial charge in [-0.25, -0.2) is 0 Å². The number of anilines is 1. The molecule has 0 aliphatic carbocycles. The van der Waals surface area contributed by atoms with E-state index in [4.69, 9.17) is 0 Å². The maximum atomic E-state index is 12.6. The Hall–Kier alpha value is -2.22. The average molecular weight is 310 g/mol. The van der Waals surface area contributed by atoms with E-state index >= 15 is 0 Å². The molecule has 108 valence electrons. The van der Waals surface area contributed by atoms with Crippen LogP contribution in [0.5, 0.6) is 0 Å². The van der Waals surface area contributed by atoms with Gasteiger partial charge in [0.05, 0.1) is 11.8 Å². The molecule has 4 nitrogen and oxygen atoms in total. The van der Waals surface area contributed by atoms with Gasteiger partial charge in [-0.2, -0.15) is 17.5 Å². The second-order valence-corrected chi connectivity index (χ2v) is 5.09. The Kier molecular flexibility index (Phi) is 3.25. The van der Waals surface area contributed by atoms with Gasteiger partial charge in [-0.05, 0) is 23.7 Å². The summed E-state index contributed by atoms with van der Waals surface area (Å²) in [5.74, 6) is 0.600. The van der Waals surface area contributed by atoms with E-state index in [-0.39, 0.29) is 0 Å². The average Bonchev–Trinajstić information content (AvgIpc) is 2.95. The molecule has 0 aliphatic heterocycles. The zero-order chi connectivity index (χ0) is 15.0. The predicted octanol–water partition coefficient (Wildman–Crippen LogP) is 3.81. The number of nitrogens with one attached hydrogen (secondary N) is 1. The van der Waals surface area contributed by atoms with E-state index in [0.717, 1.165) is 22.2 Å². The summed E-state index contributed by atoms with van der Waals surface area (Å²) >= 11 is 1.26. The standard InChI is InChI=1S/C13H9F3N4S/c1-17-12-11-9(6-18-21-11)10(19-20-12)7-2-4-8(5-3-7)13(14,15)16/h2-6H,1H3,(H,17,20). The van der Waals surface area contributed by atoms with Crippen molar-refractivity contribution in [3.8, 4) is 11.3 Å². The van der Waals surface area contributed by atoms with E-state index in [0.29, 0.717) is 17.1 Å². The van der Waals surface area contributed by atoms with Gasteiger partial charge in [0.2, 0.25) is 0 Å². The number of alkyl halides is 3. The van der Waals surface area contributed by atoms with Crippen LogP contribution in [0.15, 0.2) is 30.5 Å². The molecule has 0 saturated heterocycles. The molecule has 0 unspecified atom stereocenters. The molecule has 3 rings (SSSR count). The molecule has 0 aliphatic rings. The quantitative estimate of drug-likeness (QED) is 0.782. The Morgan fingerprint density at radius 3 is 2.43 bits per heavy atom. The third-order valence-corrected chi connectivity index (χ3v) is 3.82. The number of hydrogen-bond donors (Lipinski definition) is 1. The summed E-state index contributed by atoms with van der Waals surface area (Å²) in [5, 5.41) is 11.8. The van der Waals surface area contributed by atoms with Crippen molar-refractivity contribution in [2.45, 2.75) is 6.18 Å². The van der Waals surface area contributed by atoms with Crippen molar-refractivity contribution in [1.29, 1.82) is 0 Å². The van der Waals surface area contributed by atoms with Gasteiger partial charge in [0.15, 0.2) is 5.82 Å². The third kappa shape index (κ3) is 2.42. The molecule has 2 aromatic heterocycles. The van der Waals surface area contributed by atoms with Crippen LogP contribution < -0.4 is 5.32 Å². The summed E-state index contributed by atoms with van der Waals surface area (Å²) in [6.45, 7) is 0. The van der Waals surface area contributed by atoms with Gasteiger partial charge in [-0.15, -0.1) is 10.2 Å². The van der Waals surface area contributed by atoms with E-state index in [1.807, 2.05) is 0 Å². The lowest BCUT2D eigenvalue weighted by molar-refractivity contribution is -0.137. The van der Waals surface area contributed by atoms with Crippen LogP contribution in [-0.2, 0) is 6.18 Å². The topological polar surface area (TPSA) is 50.7 Å². The number of fused-ring (bicyclic) bond motifs is 1. The minimum atomic E-state index is -4.35. The minimum absolute atomic E-state index is 0.520. The van der Waals surface area contributed by atoms with Crippen LogP contribution in [-0.4, -0.2) is 21.6 Å². The van der Waals surface area contributed by atoms with Gasteiger partial charge in [-0.1, -0.05) is 12.1 Å². The number of hydrogen-bond acceptors (Lipinski definition) is 5. The molecule has 0 fully saturated rings. The Bertz CT molecular complexity index is 780. The lowest BCUT2D eigenvalue weighted by atomic mass is 10.1. The normalized spacial score (nSPS) is 11.8. The van der Waals surface area contributed by atoms with Crippen molar-refractivity contribution in [1.82, 2.24) is 14.6 Å². The maximum absolute atomic E-state index is 12.6. The monoisotopic (exact) mass is 310 g/mol. The second kappa shape index (κ2) is 4.96. The first-order chi connectivity index (χ1) is 10.0. The second-order valence-electron chi connectivity index (χ2n) is 4.29. The molecule has 0 saturated carbocycles. The number of rotatable bonds is 2. The lowest BCUT2D eigenvalue weighted by Crippen LogP contribution is -2.04. The molecule has 0 bridgehead atoms. The molecule has 0 amide bonds. The van der Waals surface area contributed by atoms with Gasteiger partial charge in [0.25, 0.3) is 0 Å². The lowest BCUT2D eigenvalue weighted by Gasteiger charge is -2.08. The predicted molar refractivity (Wildman–Crippen MR) is 75.2 cm³/mol. The van der Waals surface area contributed by atoms with Crippen molar-refractivity contribution in [3.63, 3.8) is 0 Å². The fourth-order valence-corrected chi connectivity index (χ4v) is 2.71. The van der Waals surface area contributed by atoms with E-state index in [2.05, 4.69) is 19.9 Å². The van der Waals surface area contributed by atoms with Crippen LogP contribution in [0.2, 0.25) is 0 Å². The fourth-order valence-electron chi connectivity index (χ4n) is 1.97. The molecular weight excluding hydrogens is 301 g/mol. The summed E-state index contributed by atoms with van der Waals surface area (Å²) in [5.41, 5.74) is 0.403. The van der Waals surface area contributed by atoms with E-state index < -0.39 is 11.7 Å². The van der Waals surface area contributed by atoms with Crippen molar-refractivity contribution in [2.24, 2.45) is 0 Å². The van der Waals surface area contributed by atoms with E-state index in [9.17, 15) is 13.2 Å². The Morgan fingerprint density at radius 1 is 1.10 bits per heavy atom. The summed E-state index contributed by atoms with van der Waals surface area (Å²) in [4.78, 5) is 0. The summed E-state index contributed by atoms with van der Waals surface area (Å²) in [6.07, 6.45) is -2.71. The van der Waals surface area contributed by atoms with E-state index in [1.54, 1.807) is 13.2 Å². The molecular formula is C13H9F3N4S. The first kappa shape index (κ1) is 13.7. The molecule has 0 atom stereocenters. The first-order valence-electron chi connectivity index (χ1n) is 5.97. The molecule has 2 heterocycles. The van der Waals surface area contributed by atoms with Gasteiger partial charge < -0.3 is 5.32 Å². The van der Waals surface area contributed by atoms with Gasteiger partial charge in [0.1, 0.15) is 10.4 Å². The smallest absolute Gasteiger partial charge is 0.370 e. The molecule has 3 aromatic rings. The van der Waals surface area contributed by atoms with Crippen LogP contribution in [0.25, 0.3) is 21.3 Å². The summed E-state index contributed by atoms with van der Waals surface area (Å²) in [6, 6.07) is 4.86. The molecule has 21 heavy (non-hydrogen) atoms. The van der Waals surface area contributed by atoms with Crippen LogP contribution in [0.4, 0.5) is 19.0 Å². The number of benzene rings is 1. The zero-order valence-corrected chi connectivity index (χ0v) is 11.6. The molecule has 0 spiro atoms. The minimum Gasteiger partial charge on any atom is -0.370 e. The highest BCUT2D eigenvalue weighted by molar-refractivity contribution is 7.14. The van der Waals surface area contributed by atoms with Crippen molar-refractivity contribution >= 4 is 27.4 Å². The van der Waals surface area contributed by atoms with Crippen LogP contribution in [0.1, 0.15) is 5.56 Å². The Labute approximate surface area is 121 Å². The van der Waals surface area contributed by atoms with Crippen molar-refractivity contribution in [2.75, 3.05) is 12.4 Å². The van der Waals surface area contributed by atoms with E-state index in [1.165, 1.54) is 23.7 Å². The highest BCUT2D eigenvalue weighted by atomic mass is 32.1. The summed E-state index contributed by atoms with van der Waals surface area (Å²) in [7, 11) is 1.72. The summed E-state index contributed by atoms with van der Waals surface area (Å²) < 4.78 is 42.7. The number of nitrogens with zero attached hydrogens (tertiary/aromatic N) is 3. The van der Waals surface area contributed by atoms with Crippen molar-refractivity contribution in [3.05, 3.63) is 36.0 Å². The molecule has 8 heteroatoms. The molecule has 1 N–H and O–H groups in total. The maximum Gasteiger partial charge on any atom is 0.416 e. The SMILES string of the molecule is CNc1nnc(-c2ccc(C(F)(F)F)cc2)c2cnsc12. The Balaban J connectivity index is 2.11. The zero-order valence-electron chi connectivity index (χ0n) is 10.8. The highest BCUT2D eigenvalue weighted by Gasteiger charge is 2.30. The van der Waals surface area contributed by atoms with Crippen LogP contribution >= 0.6 is 11.5 Å². The van der Waals surface area contributed by atoms with Crippen LogP contribution in [0.3, 0.4) is 0 Å². The van der Waals surface area contributed by atoms with Gasteiger partial charge in [-0.3, -0.25) is 0 Å². The van der Waals surface area contributed by atoms with Crippen molar-refractivity contribution < 1.29 is 13.2 Å². The van der Waals surface area contributed by atoms with Gasteiger partial charge in [0, 0.05) is 18.0 Å². The van der Waals surface area contributed by atoms with Crippen LogP contribution in [0, 0.1) is 0 Å². The largest absolute Gasteiger partial charge is 0.416 e. The number of halogens is 3. The fraction of sp³-hybridized carbons (Fsp3) is 0.154.